The molecule has 3 heteroatoms. The van der Waals surface area contributed by atoms with E-state index in [9.17, 15) is 0 Å². The van der Waals surface area contributed by atoms with Crippen LogP contribution in [0.15, 0.2) is 18.2 Å². The molecular weight excluding hydrogens is 234 g/mol. The maximum atomic E-state index is 5.90. The molecule has 100 valence electrons. The molecule has 0 spiro atoms. The number of rotatable bonds is 2. The van der Waals surface area contributed by atoms with Gasteiger partial charge in [0.1, 0.15) is 5.82 Å². The number of fused-ring (bicyclic) bond motifs is 1. The molecule has 2 aromatic rings. The lowest BCUT2D eigenvalue weighted by molar-refractivity contribution is 0.352. The third-order valence-electron chi connectivity index (χ3n) is 4.62. The van der Waals surface area contributed by atoms with E-state index in [4.69, 9.17) is 10.7 Å². The largest absolute Gasteiger partial charge is 0.399 e. The van der Waals surface area contributed by atoms with Gasteiger partial charge < -0.3 is 10.3 Å². The minimum absolute atomic E-state index is 0.665. The highest BCUT2D eigenvalue weighted by Gasteiger charge is 2.32. The van der Waals surface area contributed by atoms with Crippen molar-refractivity contribution in [2.45, 2.75) is 56.9 Å². The van der Waals surface area contributed by atoms with E-state index in [2.05, 4.69) is 10.6 Å². The van der Waals surface area contributed by atoms with E-state index in [0.29, 0.717) is 12.0 Å². The Morgan fingerprint density at radius 1 is 1.05 bits per heavy atom. The van der Waals surface area contributed by atoms with Gasteiger partial charge >= 0.3 is 0 Å². The van der Waals surface area contributed by atoms with Crippen molar-refractivity contribution < 1.29 is 0 Å². The third-order valence-corrected chi connectivity index (χ3v) is 4.62. The Kier molecular flexibility index (Phi) is 2.54. The van der Waals surface area contributed by atoms with Crippen LogP contribution in [0.5, 0.6) is 0 Å². The Labute approximate surface area is 113 Å². The first-order chi connectivity index (χ1) is 9.33. The van der Waals surface area contributed by atoms with Crippen molar-refractivity contribution in [1.82, 2.24) is 9.55 Å². The van der Waals surface area contributed by atoms with Crippen LogP contribution in [0.3, 0.4) is 0 Å². The van der Waals surface area contributed by atoms with Crippen molar-refractivity contribution in [3.8, 4) is 0 Å². The van der Waals surface area contributed by atoms with E-state index in [1.165, 1.54) is 56.3 Å². The van der Waals surface area contributed by atoms with Crippen molar-refractivity contribution in [3.05, 3.63) is 24.0 Å². The van der Waals surface area contributed by atoms with E-state index < -0.39 is 0 Å². The first kappa shape index (κ1) is 11.3. The molecule has 4 rings (SSSR count). The van der Waals surface area contributed by atoms with Gasteiger partial charge in [-0.25, -0.2) is 4.98 Å². The fraction of sp³-hybridized carbons (Fsp3) is 0.562. The monoisotopic (exact) mass is 255 g/mol. The third kappa shape index (κ3) is 1.92. The summed E-state index contributed by atoms with van der Waals surface area (Å²) in [5.74, 6) is 2.03. The standard InChI is InChI=1S/C16H21N3/c17-12-8-9-15-14(10-12)18-16(11-6-7-11)19(15)13-4-2-1-3-5-13/h8-11,13H,1-7,17H2. The Hall–Kier alpha value is -1.51. The SMILES string of the molecule is Nc1ccc2c(c1)nc(C1CC1)n2C1CCCCC1. The summed E-state index contributed by atoms with van der Waals surface area (Å²) in [6, 6.07) is 6.87. The number of anilines is 1. The average Bonchev–Trinajstić information content (AvgIpc) is 3.21. The molecule has 0 aliphatic heterocycles. The number of benzene rings is 1. The number of nitrogens with two attached hydrogens (primary N) is 1. The predicted octanol–water partition coefficient (Wildman–Crippen LogP) is 4.00. The highest BCUT2D eigenvalue weighted by molar-refractivity contribution is 5.80. The minimum Gasteiger partial charge on any atom is -0.399 e. The molecule has 2 aliphatic rings. The normalized spacial score (nSPS) is 21.1. The van der Waals surface area contributed by atoms with Gasteiger partial charge in [0.25, 0.3) is 0 Å². The summed E-state index contributed by atoms with van der Waals surface area (Å²) in [5, 5.41) is 0. The zero-order valence-electron chi connectivity index (χ0n) is 11.3. The number of hydrogen-bond acceptors (Lipinski definition) is 2. The number of aromatic nitrogens is 2. The molecule has 19 heavy (non-hydrogen) atoms. The molecule has 2 aliphatic carbocycles. The van der Waals surface area contributed by atoms with Crippen LogP contribution in [0.1, 0.15) is 62.7 Å². The molecule has 2 fully saturated rings. The van der Waals surface area contributed by atoms with Crippen molar-refractivity contribution in [2.75, 3.05) is 5.73 Å². The van der Waals surface area contributed by atoms with Crippen molar-refractivity contribution >= 4 is 16.7 Å². The van der Waals surface area contributed by atoms with Crippen LogP contribution in [-0.2, 0) is 0 Å². The lowest BCUT2D eigenvalue weighted by atomic mass is 9.95. The molecule has 3 nitrogen and oxygen atoms in total. The fourth-order valence-electron chi connectivity index (χ4n) is 3.49. The maximum Gasteiger partial charge on any atom is 0.113 e. The molecule has 1 aromatic carbocycles. The van der Waals surface area contributed by atoms with E-state index in [1.54, 1.807) is 0 Å². The summed E-state index contributed by atoms with van der Waals surface area (Å²) < 4.78 is 2.55. The molecule has 0 bridgehead atoms. The van der Waals surface area contributed by atoms with Gasteiger partial charge in [0, 0.05) is 17.6 Å². The lowest BCUT2D eigenvalue weighted by Crippen LogP contribution is -2.15. The predicted molar refractivity (Wildman–Crippen MR) is 78.2 cm³/mol. The molecule has 0 saturated heterocycles. The summed E-state index contributed by atoms with van der Waals surface area (Å²) in [5.41, 5.74) is 9.11. The minimum atomic E-state index is 0.665. The highest BCUT2D eigenvalue weighted by atomic mass is 15.1. The van der Waals surface area contributed by atoms with Crippen molar-refractivity contribution in [2.24, 2.45) is 0 Å². The summed E-state index contributed by atoms with van der Waals surface area (Å²) in [6.45, 7) is 0. The van der Waals surface area contributed by atoms with E-state index >= 15 is 0 Å². The molecule has 2 saturated carbocycles. The van der Waals surface area contributed by atoms with Crippen LogP contribution < -0.4 is 5.73 Å². The zero-order valence-corrected chi connectivity index (χ0v) is 11.3. The first-order valence-electron chi connectivity index (χ1n) is 7.60. The number of hydrogen-bond donors (Lipinski definition) is 1. The smallest absolute Gasteiger partial charge is 0.113 e. The van der Waals surface area contributed by atoms with Crippen LogP contribution >= 0.6 is 0 Å². The van der Waals surface area contributed by atoms with Crippen LogP contribution in [0.4, 0.5) is 5.69 Å². The first-order valence-corrected chi connectivity index (χ1v) is 7.60. The van der Waals surface area contributed by atoms with Crippen LogP contribution in [0.2, 0.25) is 0 Å². The van der Waals surface area contributed by atoms with Gasteiger partial charge in [0.15, 0.2) is 0 Å². The molecule has 1 heterocycles. The Morgan fingerprint density at radius 3 is 2.58 bits per heavy atom. The molecule has 0 amide bonds. The van der Waals surface area contributed by atoms with Gasteiger partial charge in [-0.2, -0.15) is 0 Å². The van der Waals surface area contributed by atoms with Gasteiger partial charge in [-0.15, -0.1) is 0 Å². The highest BCUT2D eigenvalue weighted by Crippen LogP contribution is 2.43. The lowest BCUT2D eigenvalue weighted by Gasteiger charge is -2.25. The molecule has 0 unspecified atom stereocenters. The summed E-state index contributed by atoms with van der Waals surface area (Å²) in [4.78, 5) is 4.89. The van der Waals surface area contributed by atoms with E-state index in [0.717, 1.165) is 11.2 Å². The molecular formula is C16H21N3. The van der Waals surface area contributed by atoms with Crippen molar-refractivity contribution in [1.29, 1.82) is 0 Å². The summed E-state index contributed by atoms with van der Waals surface area (Å²) in [7, 11) is 0. The second-order valence-electron chi connectivity index (χ2n) is 6.15. The average molecular weight is 255 g/mol. The topological polar surface area (TPSA) is 43.8 Å². The van der Waals surface area contributed by atoms with Gasteiger partial charge in [-0.05, 0) is 43.9 Å². The Bertz CT molecular complexity index is 604. The summed E-state index contributed by atoms with van der Waals surface area (Å²) >= 11 is 0. The van der Waals surface area contributed by atoms with Crippen LogP contribution in [0, 0.1) is 0 Å². The Balaban J connectivity index is 1.87. The Morgan fingerprint density at radius 2 is 1.84 bits per heavy atom. The second-order valence-corrected chi connectivity index (χ2v) is 6.15. The van der Waals surface area contributed by atoms with Gasteiger partial charge in [0.2, 0.25) is 0 Å². The summed E-state index contributed by atoms with van der Waals surface area (Å²) in [6.07, 6.45) is 9.38. The number of imidazole rings is 1. The van der Waals surface area contributed by atoms with Gasteiger partial charge in [-0.3, -0.25) is 0 Å². The van der Waals surface area contributed by atoms with E-state index in [-0.39, 0.29) is 0 Å². The number of nitrogens with zero attached hydrogens (tertiary/aromatic N) is 2. The molecule has 2 N–H and O–H groups in total. The maximum absolute atomic E-state index is 5.90. The van der Waals surface area contributed by atoms with Crippen LogP contribution in [0.25, 0.3) is 11.0 Å². The van der Waals surface area contributed by atoms with Crippen LogP contribution in [-0.4, -0.2) is 9.55 Å². The molecule has 0 radical (unpaired) electrons. The molecule has 1 aromatic heterocycles. The van der Waals surface area contributed by atoms with Gasteiger partial charge in [0.05, 0.1) is 11.0 Å². The van der Waals surface area contributed by atoms with Crippen molar-refractivity contribution in [3.63, 3.8) is 0 Å². The van der Waals surface area contributed by atoms with E-state index in [1.807, 2.05) is 12.1 Å². The zero-order chi connectivity index (χ0) is 12.8. The second kappa shape index (κ2) is 4.26. The fourth-order valence-corrected chi connectivity index (χ4v) is 3.49. The number of nitrogen functional groups attached to an aromatic ring is 1. The quantitative estimate of drug-likeness (QED) is 0.824. The molecule has 0 atom stereocenters. The van der Waals surface area contributed by atoms with Gasteiger partial charge in [-0.1, -0.05) is 19.3 Å².